The summed E-state index contributed by atoms with van der Waals surface area (Å²) in [4.78, 5) is 30.0. The Hall–Kier alpha value is -3.72. The number of amides is 1. The molecule has 6 heteroatoms. The first-order valence-electron chi connectivity index (χ1n) is 9.93. The van der Waals surface area contributed by atoms with Crippen LogP contribution in [0, 0.1) is 17.2 Å². The molecular weight excluding hydrogens is 378 g/mol. The van der Waals surface area contributed by atoms with Crippen LogP contribution in [0.3, 0.4) is 0 Å². The number of carbonyl (C=O) groups is 2. The first-order valence-corrected chi connectivity index (χ1v) is 9.93. The van der Waals surface area contributed by atoms with E-state index in [0.717, 1.165) is 41.4 Å². The predicted molar refractivity (Wildman–Crippen MR) is 113 cm³/mol. The van der Waals surface area contributed by atoms with E-state index in [2.05, 4.69) is 12.2 Å². The van der Waals surface area contributed by atoms with Crippen LogP contribution in [0.1, 0.15) is 40.5 Å². The Morgan fingerprint density at radius 2 is 1.97 bits per heavy atom. The minimum absolute atomic E-state index is 0.389. The minimum atomic E-state index is -0.506. The van der Waals surface area contributed by atoms with Crippen molar-refractivity contribution in [2.24, 2.45) is 5.92 Å². The van der Waals surface area contributed by atoms with Gasteiger partial charge in [0, 0.05) is 16.8 Å². The molecule has 0 bridgehead atoms. The van der Waals surface area contributed by atoms with Crippen LogP contribution in [0.25, 0.3) is 10.9 Å². The van der Waals surface area contributed by atoms with Gasteiger partial charge >= 0.3 is 5.97 Å². The monoisotopic (exact) mass is 399 g/mol. The number of aromatic nitrogens is 1. The number of para-hydroxylation sites is 1. The standard InChI is InChI=1S/C24H21N3O3/c1-15-6-11-21-19(12-15)23(18-4-2-3-5-20(18)27-21)24(29)30-14-22(28)26-17-9-7-16(13-25)8-10-17/h2-5,7-10,15H,6,11-12,14H2,1H3,(H,26,28). The SMILES string of the molecule is CC1CCc2nc3ccccc3c(C(=O)OCC(=O)Nc3ccc(C#N)cc3)c2C1. The third-order valence-electron chi connectivity index (χ3n) is 5.34. The lowest BCUT2D eigenvalue weighted by Gasteiger charge is -2.24. The first kappa shape index (κ1) is 19.6. The van der Waals surface area contributed by atoms with Gasteiger partial charge in [-0.25, -0.2) is 4.79 Å². The summed E-state index contributed by atoms with van der Waals surface area (Å²) in [6.45, 7) is 1.78. The summed E-state index contributed by atoms with van der Waals surface area (Å²) in [5.41, 5.74) is 4.21. The molecule has 1 amide bonds. The maximum absolute atomic E-state index is 13.0. The molecule has 4 rings (SSSR count). The van der Waals surface area contributed by atoms with Gasteiger partial charge in [-0.05, 0) is 61.1 Å². The van der Waals surface area contributed by atoms with Crippen molar-refractivity contribution >= 4 is 28.5 Å². The van der Waals surface area contributed by atoms with E-state index in [1.807, 2.05) is 30.3 Å². The average Bonchev–Trinajstić information content (AvgIpc) is 2.76. The predicted octanol–water partition coefficient (Wildman–Crippen LogP) is 4.03. The zero-order chi connectivity index (χ0) is 21.1. The number of aryl methyl sites for hydroxylation is 1. The van der Waals surface area contributed by atoms with Crippen LogP contribution < -0.4 is 5.32 Å². The van der Waals surface area contributed by atoms with Gasteiger partial charge in [-0.15, -0.1) is 0 Å². The van der Waals surface area contributed by atoms with Crippen molar-refractivity contribution in [3.63, 3.8) is 0 Å². The molecule has 1 heterocycles. The number of pyridine rings is 1. The molecule has 1 atom stereocenters. The van der Waals surface area contributed by atoms with E-state index in [9.17, 15) is 9.59 Å². The highest BCUT2D eigenvalue weighted by Gasteiger charge is 2.26. The number of benzene rings is 2. The number of nitrogens with one attached hydrogen (secondary N) is 1. The molecule has 0 saturated carbocycles. The fraction of sp³-hybridized carbons (Fsp3) is 0.250. The van der Waals surface area contributed by atoms with Gasteiger partial charge in [0.1, 0.15) is 0 Å². The molecule has 0 aliphatic heterocycles. The van der Waals surface area contributed by atoms with Crippen molar-refractivity contribution in [3.8, 4) is 6.07 Å². The van der Waals surface area contributed by atoms with Crippen molar-refractivity contribution in [1.82, 2.24) is 4.98 Å². The summed E-state index contributed by atoms with van der Waals surface area (Å²) in [5.74, 6) is -0.478. The Morgan fingerprint density at radius 1 is 1.20 bits per heavy atom. The van der Waals surface area contributed by atoms with E-state index in [0.29, 0.717) is 22.7 Å². The van der Waals surface area contributed by atoms with E-state index >= 15 is 0 Å². The van der Waals surface area contributed by atoms with Gasteiger partial charge < -0.3 is 10.1 Å². The van der Waals surface area contributed by atoms with Crippen LogP contribution in [-0.4, -0.2) is 23.5 Å². The third kappa shape index (κ3) is 4.01. The highest BCUT2D eigenvalue weighted by Crippen LogP contribution is 2.32. The number of nitriles is 1. The third-order valence-corrected chi connectivity index (χ3v) is 5.34. The molecule has 0 fully saturated rings. The van der Waals surface area contributed by atoms with Crippen LogP contribution >= 0.6 is 0 Å². The fourth-order valence-electron chi connectivity index (χ4n) is 3.82. The van der Waals surface area contributed by atoms with Crippen LogP contribution in [0.5, 0.6) is 0 Å². The molecule has 1 N–H and O–H groups in total. The Bertz CT molecular complexity index is 1160. The maximum Gasteiger partial charge on any atom is 0.339 e. The lowest BCUT2D eigenvalue weighted by molar-refractivity contribution is -0.119. The zero-order valence-corrected chi connectivity index (χ0v) is 16.6. The molecule has 1 aromatic heterocycles. The Kier molecular flexibility index (Phi) is 5.44. The molecule has 1 aliphatic rings. The van der Waals surface area contributed by atoms with Gasteiger partial charge in [0.15, 0.2) is 6.61 Å². The van der Waals surface area contributed by atoms with Gasteiger partial charge in [0.05, 0.1) is 22.7 Å². The van der Waals surface area contributed by atoms with Crippen LogP contribution in [0.4, 0.5) is 5.69 Å². The van der Waals surface area contributed by atoms with Crippen LogP contribution in [0.2, 0.25) is 0 Å². The summed E-state index contributed by atoms with van der Waals surface area (Å²) >= 11 is 0. The number of anilines is 1. The van der Waals surface area contributed by atoms with Crippen molar-refractivity contribution in [2.45, 2.75) is 26.2 Å². The average molecular weight is 399 g/mol. The summed E-state index contributed by atoms with van der Waals surface area (Å²) in [5, 5.41) is 12.3. The molecule has 2 aromatic carbocycles. The normalized spacial score (nSPS) is 15.1. The molecular formula is C24H21N3O3. The zero-order valence-electron chi connectivity index (χ0n) is 16.6. The quantitative estimate of drug-likeness (QED) is 0.669. The van der Waals surface area contributed by atoms with Crippen LogP contribution in [-0.2, 0) is 22.4 Å². The summed E-state index contributed by atoms with van der Waals surface area (Å²) in [7, 11) is 0. The first-order chi connectivity index (χ1) is 14.5. The van der Waals surface area contributed by atoms with Crippen molar-refractivity contribution in [2.75, 3.05) is 11.9 Å². The maximum atomic E-state index is 13.0. The number of ether oxygens (including phenoxy) is 1. The van der Waals surface area contributed by atoms with Gasteiger partial charge in [0.25, 0.3) is 5.91 Å². The lowest BCUT2D eigenvalue weighted by atomic mass is 9.84. The van der Waals surface area contributed by atoms with E-state index in [4.69, 9.17) is 15.0 Å². The van der Waals surface area contributed by atoms with E-state index in [-0.39, 0.29) is 6.61 Å². The highest BCUT2D eigenvalue weighted by atomic mass is 16.5. The Balaban J connectivity index is 1.53. The van der Waals surface area contributed by atoms with Gasteiger partial charge in [0.2, 0.25) is 0 Å². The molecule has 3 aromatic rings. The number of hydrogen-bond donors (Lipinski definition) is 1. The smallest absolute Gasteiger partial charge is 0.339 e. The molecule has 6 nitrogen and oxygen atoms in total. The van der Waals surface area contributed by atoms with Crippen molar-refractivity contribution < 1.29 is 14.3 Å². The number of esters is 1. The number of hydrogen-bond acceptors (Lipinski definition) is 5. The van der Waals surface area contributed by atoms with Crippen molar-refractivity contribution in [3.05, 3.63) is 70.9 Å². The van der Waals surface area contributed by atoms with Gasteiger partial charge in [-0.1, -0.05) is 25.1 Å². The van der Waals surface area contributed by atoms with Crippen molar-refractivity contribution in [1.29, 1.82) is 5.26 Å². The molecule has 30 heavy (non-hydrogen) atoms. The van der Waals surface area contributed by atoms with E-state index in [1.54, 1.807) is 24.3 Å². The second-order valence-electron chi connectivity index (χ2n) is 7.59. The van der Waals surface area contributed by atoms with Gasteiger partial charge in [-0.3, -0.25) is 9.78 Å². The highest BCUT2D eigenvalue weighted by molar-refractivity contribution is 6.06. The number of carbonyl (C=O) groups excluding carboxylic acids is 2. The fourth-order valence-corrected chi connectivity index (χ4v) is 3.82. The lowest BCUT2D eigenvalue weighted by Crippen LogP contribution is -2.23. The molecule has 1 unspecified atom stereocenters. The molecule has 0 radical (unpaired) electrons. The van der Waals surface area contributed by atoms with Gasteiger partial charge in [-0.2, -0.15) is 5.26 Å². The second-order valence-corrected chi connectivity index (χ2v) is 7.59. The Morgan fingerprint density at radius 3 is 2.73 bits per heavy atom. The number of nitrogens with zero attached hydrogens (tertiary/aromatic N) is 2. The summed E-state index contributed by atoms with van der Waals surface area (Å²) < 4.78 is 5.39. The summed E-state index contributed by atoms with van der Waals surface area (Å²) in [6, 6.07) is 16.0. The van der Waals surface area contributed by atoms with Crippen LogP contribution in [0.15, 0.2) is 48.5 Å². The Labute approximate surface area is 174 Å². The summed E-state index contributed by atoms with van der Waals surface area (Å²) in [6.07, 6.45) is 2.65. The number of rotatable bonds is 4. The topological polar surface area (TPSA) is 92.1 Å². The van der Waals surface area contributed by atoms with E-state index < -0.39 is 11.9 Å². The molecule has 0 spiro atoms. The molecule has 0 saturated heterocycles. The number of fused-ring (bicyclic) bond motifs is 2. The largest absolute Gasteiger partial charge is 0.452 e. The minimum Gasteiger partial charge on any atom is -0.452 e. The molecule has 150 valence electrons. The molecule has 1 aliphatic carbocycles. The second kappa shape index (κ2) is 8.34. The van der Waals surface area contributed by atoms with E-state index in [1.165, 1.54) is 0 Å².